The summed E-state index contributed by atoms with van der Waals surface area (Å²) >= 11 is 0. The predicted octanol–water partition coefficient (Wildman–Crippen LogP) is 3.08. The Hall–Kier alpha value is -4.47. The first-order valence-corrected chi connectivity index (χ1v) is 9.28. The highest BCUT2D eigenvalue weighted by molar-refractivity contribution is 5.88. The smallest absolute Gasteiger partial charge is 0.335 e. The van der Waals surface area contributed by atoms with E-state index in [0.29, 0.717) is 29.7 Å². The molecule has 10 heteroatoms. The maximum Gasteiger partial charge on any atom is 0.335 e. The van der Waals surface area contributed by atoms with E-state index in [1.807, 2.05) is 0 Å². The molecule has 4 rings (SSSR count). The van der Waals surface area contributed by atoms with Gasteiger partial charge in [0.15, 0.2) is 28.7 Å². The van der Waals surface area contributed by atoms with Gasteiger partial charge in [-0.3, -0.25) is 0 Å². The Bertz CT molecular complexity index is 1150. The molecule has 0 amide bonds. The average Bonchev–Trinajstić information content (AvgIpc) is 2.73. The maximum absolute atomic E-state index is 10.3. The van der Waals surface area contributed by atoms with Crippen molar-refractivity contribution in [2.45, 2.75) is 18.9 Å². The molecule has 168 valence electrons. The minimum absolute atomic E-state index is 0.0279. The lowest BCUT2D eigenvalue weighted by Gasteiger charge is -2.27. The lowest BCUT2D eigenvalue weighted by atomic mass is 9.96. The van der Waals surface area contributed by atoms with Crippen molar-refractivity contribution in [3.63, 3.8) is 0 Å². The highest BCUT2D eigenvalue weighted by Gasteiger charge is 2.25. The van der Waals surface area contributed by atoms with Crippen molar-refractivity contribution in [1.29, 1.82) is 0 Å². The van der Waals surface area contributed by atoms with E-state index in [1.165, 1.54) is 30.3 Å². The molecular weight excluding hydrogens is 424 g/mol. The number of rotatable bonds is 2. The van der Waals surface area contributed by atoms with Crippen molar-refractivity contribution >= 4 is 5.97 Å². The molecule has 0 unspecified atom stereocenters. The SMILES string of the molecule is O=C(O)c1ccc(O)c(O)c1.Oc1cc(O)c2c(c1)O[C@H](c1cc(O)c(O)c(O)c1)CC2. The summed E-state index contributed by atoms with van der Waals surface area (Å²) in [4.78, 5) is 10.3. The molecule has 10 nitrogen and oxygen atoms in total. The fourth-order valence-corrected chi connectivity index (χ4v) is 3.16. The van der Waals surface area contributed by atoms with E-state index >= 15 is 0 Å². The summed E-state index contributed by atoms with van der Waals surface area (Å²) in [5, 5.41) is 73.7. The molecule has 1 aliphatic rings. The Labute approximate surface area is 181 Å². The minimum Gasteiger partial charge on any atom is -0.508 e. The number of ether oxygens (including phenoxy) is 1. The number of aromatic carboxylic acids is 1. The minimum atomic E-state index is -1.14. The Morgan fingerprint density at radius 2 is 1.44 bits per heavy atom. The summed E-state index contributed by atoms with van der Waals surface area (Å²) in [6.45, 7) is 0. The molecule has 0 radical (unpaired) electrons. The molecule has 0 bridgehead atoms. The second-order valence-corrected chi connectivity index (χ2v) is 7.00. The fraction of sp³-hybridized carbons (Fsp3) is 0.136. The van der Waals surface area contributed by atoms with Crippen molar-refractivity contribution in [2.24, 2.45) is 0 Å². The van der Waals surface area contributed by atoms with Crippen molar-refractivity contribution in [3.8, 4) is 46.0 Å². The molecular formula is C22H20O10. The summed E-state index contributed by atoms with van der Waals surface area (Å²) < 4.78 is 5.71. The molecule has 0 aliphatic carbocycles. The van der Waals surface area contributed by atoms with Gasteiger partial charge in [0.05, 0.1) is 5.56 Å². The van der Waals surface area contributed by atoms with E-state index in [9.17, 15) is 30.3 Å². The van der Waals surface area contributed by atoms with E-state index in [4.69, 9.17) is 20.1 Å². The summed E-state index contributed by atoms with van der Waals surface area (Å²) in [6, 6.07) is 8.59. The van der Waals surface area contributed by atoms with Gasteiger partial charge >= 0.3 is 5.97 Å². The fourth-order valence-electron chi connectivity index (χ4n) is 3.16. The van der Waals surface area contributed by atoms with Crippen LogP contribution < -0.4 is 4.74 Å². The van der Waals surface area contributed by atoms with E-state index in [-0.39, 0.29) is 22.8 Å². The quantitative estimate of drug-likeness (QED) is 0.273. The summed E-state index contributed by atoms with van der Waals surface area (Å²) in [6.07, 6.45) is 0.583. The van der Waals surface area contributed by atoms with Crippen LogP contribution in [-0.4, -0.2) is 46.8 Å². The highest BCUT2D eigenvalue weighted by atomic mass is 16.5. The molecule has 0 saturated carbocycles. The summed E-state index contributed by atoms with van der Waals surface area (Å²) in [5.74, 6) is -3.11. The molecule has 0 saturated heterocycles. The first-order valence-electron chi connectivity index (χ1n) is 9.28. The van der Waals surface area contributed by atoms with Crippen LogP contribution in [0.15, 0.2) is 42.5 Å². The molecule has 3 aromatic rings. The van der Waals surface area contributed by atoms with Crippen molar-refractivity contribution < 1.29 is 50.4 Å². The first kappa shape index (κ1) is 22.2. The van der Waals surface area contributed by atoms with Crippen LogP contribution in [0.25, 0.3) is 0 Å². The third-order valence-electron chi connectivity index (χ3n) is 4.78. The van der Waals surface area contributed by atoms with Crippen LogP contribution in [0, 0.1) is 0 Å². The summed E-state index contributed by atoms with van der Waals surface area (Å²) in [7, 11) is 0. The van der Waals surface area contributed by atoms with Gasteiger partial charge in [0.25, 0.3) is 0 Å². The van der Waals surface area contributed by atoms with Gasteiger partial charge in [-0.2, -0.15) is 0 Å². The number of benzene rings is 3. The predicted molar refractivity (Wildman–Crippen MR) is 110 cm³/mol. The third-order valence-corrected chi connectivity index (χ3v) is 4.78. The van der Waals surface area contributed by atoms with Crippen LogP contribution in [0.2, 0.25) is 0 Å². The van der Waals surface area contributed by atoms with Gasteiger partial charge in [0.1, 0.15) is 23.4 Å². The number of hydrogen-bond acceptors (Lipinski definition) is 9. The molecule has 3 aromatic carbocycles. The van der Waals surface area contributed by atoms with Gasteiger partial charge < -0.3 is 45.6 Å². The largest absolute Gasteiger partial charge is 0.508 e. The molecule has 0 aromatic heterocycles. The topological polar surface area (TPSA) is 188 Å². The second kappa shape index (κ2) is 8.72. The second-order valence-electron chi connectivity index (χ2n) is 7.00. The highest BCUT2D eigenvalue weighted by Crippen LogP contribution is 2.44. The first-order chi connectivity index (χ1) is 15.1. The van der Waals surface area contributed by atoms with Crippen molar-refractivity contribution in [2.75, 3.05) is 0 Å². The van der Waals surface area contributed by atoms with Crippen LogP contribution in [0.3, 0.4) is 0 Å². The maximum atomic E-state index is 10.3. The molecule has 1 atom stereocenters. The number of fused-ring (bicyclic) bond motifs is 1. The average molecular weight is 444 g/mol. The lowest BCUT2D eigenvalue weighted by molar-refractivity contribution is 0.0696. The lowest BCUT2D eigenvalue weighted by Crippen LogP contribution is -2.15. The third kappa shape index (κ3) is 4.64. The Kier molecular flexibility index (Phi) is 6.06. The number of carbonyl (C=O) groups is 1. The number of aromatic hydroxyl groups is 7. The zero-order chi connectivity index (χ0) is 23.6. The standard InChI is InChI=1S/C15H14O6.C7H6O4/c16-8-5-10(17)9-1-2-13(21-14(9)6-8)7-3-11(18)15(20)12(19)4-7;8-5-2-1-4(7(10)11)3-6(5)9/h3-6,13,16-20H,1-2H2;1-3,8-9H,(H,10,11)/t13-;/m0./s1. The Balaban J connectivity index is 0.000000222. The molecule has 0 spiro atoms. The van der Waals surface area contributed by atoms with E-state index in [1.54, 1.807) is 0 Å². The number of hydrogen-bond donors (Lipinski definition) is 8. The van der Waals surface area contributed by atoms with E-state index in [2.05, 4.69) is 0 Å². The molecule has 32 heavy (non-hydrogen) atoms. The summed E-state index contributed by atoms with van der Waals surface area (Å²) in [5.41, 5.74) is 1.05. The number of phenolic OH excluding ortho intramolecular Hbond substituents is 7. The zero-order valence-electron chi connectivity index (χ0n) is 16.4. The van der Waals surface area contributed by atoms with Crippen LogP contribution in [0.1, 0.15) is 34.0 Å². The van der Waals surface area contributed by atoms with E-state index < -0.39 is 35.1 Å². The molecule has 1 heterocycles. The van der Waals surface area contributed by atoms with Gasteiger partial charge in [-0.05, 0) is 48.7 Å². The van der Waals surface area contributed by atoms with Crippen LogP contribution in [0.4, 0.5) is 0 Å². The Morgan fingerprint density at radius 3 is 2.03 bits per heavy atom. The van der Waals surface area contributed by atoms with Crippen molar-refractivity contribution in [1.82, 2.24) is 0 Å². The van der Waals surface area contributed by atoms with E-state index in [0.717, 1.165) is 12.1 Å². The molecule has 1 aliphatic heterocycles. The van der Waals surface area contributed by atoms with Crippen LogP contribution in [0.5, 0.6) is 46.0 Å². The van der Waals surface area contributed by atoms with Crippen LogP contribution >= 0.6 is 0 Å². The molecule has 8 N–H and O–H groups in total. The number of carboxylic acid groups (broad SMARTS) is 1. The van der Waals surface area contributed by atoms with Gasteiger partial charge in [0.2, 0.25) is 0 Å². The number of carboxylic acids is 1. The zero-order valence-corrected chi connectivity index (χ0v) is 16.4. The van der Waals surface area contributed by atoms with Gasteiger partial charge in [-0.15, -0.1) is 0 Å². The Morgan fingerprint density at radius 1 is 0.781 bits per heavy atom. The monoisotopic (exact) mass is 444 g/mol. The van der Waals surface area contributed by atoms with Crippen LogP contribution in [-0.2, 0) is 6.42 Å². The normalized spacial score (nSPS) is 14.4. The van der Waals surface area contributed by atoms with Crippen molar-refractivity contribution in [3.05, 3.63) is 59.2 Å². The number of phenols is 7. The van der Waals surface area contributed by atoms with Gasteiger partial charge in [-0.1, -0.05) is 0 Å². The van der Waals surface area contributed by atoms with Gasteiger partial charge in [-0.25, -0.2) is 4.79 Å². The molecule has 0 fully saturated rings. The van der Waals surface area contributed by atoms with Gasteiger partial charge in [0, 0.05) is 17.7 Å².